The number of anilines is 1. The van der Waals surface area contributed by atoms with Gasteiger partial charge in [-0.1, -0.05) is 13.0 Å². The van der Waals surface area contributed by atoms with Crippen molar-refractivity contribution in [3.05, 3.63) is 23.8 Å². The minimum atomic E-state index is 0.480. The van der Waals surface area contributed by atoms with Crippen molar-refractivity contribution in [1.29, 1.82) is 5.26 Å². The lowest BCUT2D eigenvalue weighted by molar-refractivity contribution is 0.626. The molecule has 0 bridgehead atoms. The zero-order chi connectivity index (χ0) is 13.1. The van der Waals surface area contributed by atoms with Crippen molar-refractivity contribution in [3.63, 3.8) is 0 Å². The summed E-state index contributed by atoms with van der Waals surface area (Å²) in [6, 6.07) is 9.02. The van der Waals surface area contributed by atoms with Crippen molar-refractivity contribution >= 4 is 29.2 Å². The van der Waals surface area contributed by atoms with Gasteiger partial charge in [-0.2, -0.15) is 17.0 Å². The molecule has 2 nitrogen and oxygen atoms in total. The van der Waals surface area contributed by atoms with E-state index in [2.05, 4.69) is 36.9 Å². The summed E-state index contributed by atoms with van der Waals surface area (Å²) < 4.78 is 0. The maximum absolute atomic E-state index is 9.42. The van der Waals surface area contributed by atoms with Crippen LogP contribution in [-0.2, 0) is 0 Å². The summed E-state index contributed by atoms with van der Waals surface area (Å²) in [5.74, 6) is 1.14. The van der Waals surface area contributed by atoms with E-state index in [9.17, 15) is 5.26 Å². The fraction of sp³-hybridized carbons (Fsp3) is 0.500. The maximum atomic E-state index is 9.42. The van der Waals surface area contributed by atoms with Gasteiger partial charge in [0, 0.05) is 28.5 Å². The van der Waals surface area contributed by atoms with E-state index in [0.717, 1.165) is 28.4 Å². The van der Waals surface area contributed by atoms with Gasteiger partial charge in [-0.3, -0.25) is 0 Å². The zero-order valence-corrected chi connectivity index (χ0v) is 12.6. The largest absolute Gasteiger partial charge is 0.366 e. The van der Waals surface area contributed by atoms with Gasteiger partial charge in [-0.25, -0.2) is 0 Å². The van der Waals surface area contributed by atoms with Crippen LogP contribution in [0, 0.1) is 11.3 Å². The summed E-state index contributed by atoms with van der Waals surface area (Å²) in [6.45, 7) is 5.55. The molecule has 4 heteroatoms. The van der Waals surface area contributed by atoms with Gasteiger partial charge in [0.05, 0.1) is 11.3 Å². The fourth-order valence-electron chi connectivity index (χ4n) is 2.31. The average Bonchev–Trinajstić information content (AvgIpc) is 2.41. The van der Waals surface area contributed by atoms with E-state index in [1.807, 2.05) is 24.1 Å². The van der Waals surface area contributed by atoms with Crippen molar-refractivity contribution in [3.8, 4) is 6.07 Å². The summed E-state index contributed by atoms with van der Waals surface area (Å²) in [6.07, 6.45) is 2.03. The summed E-state index contributed by atoms with van der Waals surface area (Å²) in [4.78, 5) is 3.47. The molecule has 0 aliphatic carbocycles. The Labute approximate surface area is 118 Å². The van der Waals surface area contributed by atoms with Crippen LogP contribution in [0.25, 0.3) is 0 Å². The minimum Gasteiger partial charge on any atom is -0.366 e. The maximum Gasteiger partial charge on any atom is 0.103 e. The molecule has 96 valence electrons. The van der Waals surface area contributed by atoms with Crippen molar-refractivity contribution in [2.24, 2.45) is 0 Å². The van der Waals surface area contributed by atoms with Crippen molar-refractivity contribution in [1.82, 2.24) is 0 Å². The molecule has 0 aromatic heterocycles. The second-order valence-corrected chi connectivity index (χ2v) is 6.81. The number of thioether (sulfide) groups is 2. The second-order valence-electron chi connectivity index (χ2n) is 4.48. The van der Waals surface area contributed by atoms with Gasteiger partial charge in [-0.15, -0.1) is 11.8 Å². The molecule has 1 heterocycles. The van der Waals surface area contributed by atoms with Crippen LogP contribution in [0.3, 0.4) is 0 Å². The molecule has 0 spiro atoms. The standard InChI is InChI=1S/C14H18N2S2/c1-10-11(2)18-8-7-16(10)13-5-4-6-14(17-3)12(13)9-15/h4-6,10-11H,7-8H2,1-3H3. The first kappa shape index (κ1) is 13.6. The Bertz CT molecular complexity index is 467. The molecule has 1 aromatic rings. The number of hydrogen-bond donors (Lipinski definition) is 0. The van der Waals surface area contributed by atoms with Crippen molar-refractivity contribution < 1.29 is 0 Å². The van der Waals surface area contributed by atoms with Gasteiger partial charge in [-0.05, 0) is 25.3 Å². The molecular weight excluding hydrogens is 260 g/mol. The molecule has 2 unspecified atom stereocenters. The topological polar surface area (TPSA) is 27.0 Å². The van der Waals surface area contributed by atoms with Crippen LogP contribution in [0.5, 0.6) is 0 Å². The smallest absolute Gasteiger partial charge is 0.103 e. The number of nitrogens with zero attached hydrogens (tertiary/aromatic N) is 2. The number of hydrogen-bond acceptors (Lipinski definition) is 4. The van der Waals surface area contributed by atoms with Gasteiger partial charge in [0.25, 0.3) is 0 Å². The summed E-state index contributed by atoms with van der Waals surface area (Å²) in [5, 5.41) is 10.0. The molecule has 1 saturated heterocycles. The minimum absolute atomic E-state index is 0.480. The Hall–Kier alpha value is -0.790. The van der Waals surface area contributed by atoms with E-state index in [1.54, 1.807) is 11.8 Å². The molecule has 2 rings (SSSR count). The van der Waals surface area contributed by atoms with Crippen LogP contribution in [0.1, 0.15) is 19.4 Å². The molecule has 18 heavy (non-hydrogen) atoms. The van der Waals surface area contributed by atoms with Gasteiger partial charge in [0.2, 0.25) is 0 Å². The number of benzene rings is 1. The van der Waals surface area contributed by atoms with Crippen molar-refractivity contribution in [2.75, 3.05) is 23.5 Å². The van der Waals surface area contributed by atoms with Crippen LogP contribution in [-0.4, -0.2) is 29.8 Å². The van der Waals surface area contributed by atoms with E-state index in [0.29, 0.717) is 11.3 Å². The lowest BCUT2D eigenvalue weighted by atomic mass is 10.1. The molecule has 0 N–H and O–H groups in total. The first-order chi connectivity index (χ1) is 8.69. The Morgan fingerprint density at radius 1 is 1.44 bits per heavy atom. The van der Waals surface area contributed by atoms with E-state index in [1.165, 1.54) is 0 Å². The van der Waals surface area contributed by atoms with Crippen LogP contribution in [0.4, 0.5) is 5.69 Å². The normalized spacial score (nSPS) is 23.8. The third-order valence-corrected chi connectivity index (χ3v) is 5.65. The molecule has 1 aliphatic heterocycles. The highest BCUT2D eigenvalue weighted by atomic mass is 32.2. The summed E-state index contributed by atoms with van der Waals surface area (Å²) >= 11 is 3.66. The predicted molar refractivity (Wildman–Crippen MR) is 81.7 cm³/mol. The zero-order valence-electron chi connectivity index (χ0n) is 11.0. The highest BCUT2D eigenvalue weighted by molar-refractivity contribution is 8.00. The third kappa shape index (κ3) is 2.48. The Morgan fingerprint density at radius 2 is 2.22 bits per heavy atom. The number of nitriles is 1. The van der Waals surface area contributed by atoms with Crippen molar-refractivity contribution in [2.45, 2.75) is 30.0 Å². The molecule has 1 aromatic carbocycles. The van der Waals surface area contributed by atoms with Crippen LogP contribution in [0.2, 0.25) is 0 Å². The first-order valence-corrected chi connectivity index (χ1v) is 8.41. The Morgan fingerprint density at radius 3 is 2.89 bits per heavy atom. The highest BCUT2D eigenvalue weighted by Crippen LogP contribution is 2.34. The SMILES string of the molecule is CSc1cccc(N2CCSC(C)C2C)c1C#N. The molecule has 0 amide bonds. The van der Waals surface area contributed by atoms with Gasteiger partial charge >= 0.3 is 0 Å². The lowest BCUT2D eigenvalue weighted by Gasteiger charge is -2.39. The lowest BCUT2D eigenvalue weighted by Crippen LogP contribution is -2.45. The van der Waals surface area contributed by atoms with E-state index < -0.39 is 0 Å². The molecule has 0 saturated carbocycles. The first-order valence-electron chi connectivity index (χ1n) is 6.14. The quantitative estimate of drug-likeness (QED) is 0.772. The van der Waals surface area contributed by atoms with Crippen LogP contribution in [0.15, 0.2) is 23.1 Å². The van der Waals surface area contributed by atoms with Gasteiger partial charge in [0.15, 0.2) is 0 Å². The second kappa shape index (κ2) is 5.90. The summed E-state index contributed by atoms with van der Waals surface area (Å²) in [7, 11) is 0. The molecule has 1 aliphatic rings. The van der Waals surface area contributed by atoms with Crippen LogP contribution >= 0.6 is 23.5 Å². The van der Waals surface area contributed by atoms with Gasteiger partial charge < -0.3 is 4.90 Å². The summed E-state index contributed by atoms with van der Waals surface area (Å²) in [5.41, 5.74) is 1.93. The molecular formula is C14H18N2S2. The van der Waals surface area contributed by atoms with E-state index in [-0.39, 0.29) is 0 Å². The molecule has 1 fully saturated rings. The third-order valence-electron chi connectivity index (χ3n) is 3.53. The average molecular weight is 278 g/mol. The highest BCUT2D eigenvalue weighted by Gasteiger charge is 2.27. The van der Waals surface area contributed by atoms with Crippen LogP contribution < -0.4 is 4.90 Å². The Balaban J connectivity index is 2.41. The van der Waals surface area contributed by atoms with E-state index in [4.69, 9.17) is 0 Å². The Kier molecular flexibility index (Phi) is 4.47. The van der Waals surface area contributed by atoms with E-state index >= 15 is 0 Å². The monoisotopic (exact) mass is 278 g/mol. The fourth-order valence-corrected chi connectivity index (χ4v) is 3.98. The predicted octanol–water partition coefficient (Wildman–Crippen LogP) is 3.61. The van der Waals surface area contributed by atoms with Gasteiger partial charge in [0.1, 0.15) is 6.07 Å². The molecule has 2 atom stereocenters. The number of rotatable bonds is 2. The molecule has 0 radical (unpaired) electrons.